The summed E-state index contributed by atoms with van der Waals surface area (Å²) < 4.78 is 33.2. The van der Waals surface area contributed by atoms with E-state index in [1.165, 1.54) is 250 Å². The minimum Gasteiger partial charge on any atom is -0.462 e. The molecule has 490 valence electrons. The van der Waals surface area contributed by atoms with Crippen LogP contribution in [0.4, 0.5) is 0 Å². The Hall–Kier alpha value is -2.55. The third-order valence-electron chi connectivity index (χ3n) is 15.9. The Morgan fingerprint density at radius 1 is 0.369 bits per heavy atom. The Bertz CT molecular complexity index is 1610. The van der Waals surface area contributed by atoms with Crippen molar-refractivity contribution in [1.82, 2.24) is 0 Å². The highest BCUT2D eigenvalue weighted by molar-refractivity contribution is 7.47. The van der Waals surface area contributed by atoms with Gasteiger partial charge in [0.05, 0.1) is 13.2 Å². The molecule has 0 aliphatic heterocycles. The Morgan fingerprint density at radius 3 is 0.976 bits per heavy atom. The fourth-order valence-corrected chi connectivity index (χ4v) is 11.4. The maximum Gasteiger partial charge on any atom is 0.472 e. The molecule has 0 saturated carbocycles. The average molecular weight is 1200 g/mol. The second-order valence-electron chi connectivity index (χ2n) is 24.1. The van der Waals surface area contributed by atoms with Gasteiger partial charge in [0.1, 0.15) is 6.61 Å². The van der Waals surface area contributed by atoms with Crippen LogP contribution in [0.2, 0.25) is 0 Å². The van der Waals surface area contributed by atoms with Crippen LogP contribution in [0.25, 0.3) is 0 Å². The van der Waals surface area contributed by atoms with Gasteiger partial charge in [-0.25, -0.2) is 4.57 Å². The molecule has 0 aromatic rings. The van der Waals surface area contributed by atoms with Crippen molar-refractivity contribution < 1.29 is 37.6 Å². The quantitative estimate of drug-likeness (QED) is 0.0264. The van der Waals surface area contributed by atoms with E-state index in [1.54, 1.807) is 0 Å². The lowest BCUT2D eigenvalue weighted by Crippen LogP contribution is -2.29. The van der Waals surface area contributed by atoms with Gasteiger partial charge in [0.2, 0.25) is 0 Å². The predicted octanol–water partition coefficient (Wildman–Crippen LogP) is 23.6. The lowest BCUT2D eigenvalue weighted by molar-refractivity contribution is -0.161. The summed E-state index contributed by atoms with van der Waals surface area (Å²) in [5.74, 6) is -0.806. The first kappa shape index (κ1) is 81.5. The van der Waals surface area contributed by atoms with E-state index in [-0.39, 0.29) is 38.6 Å². The molecule has 0 rings (SSSR count). The number of carbonyl (C=O) groups excluding carboxylic acids is 2. The zero-order valence-electron chi connectivity index (χ0n) is 55.1. The first-order chi connectivity index (χ1) is 41.3. The summed E-state index contributed by atoms with van der Waals surface area (Å²) in [6, 6.07) is 0. The Balaban J connectivity index is 3.78. The molecule has 2 atom stereocenters. The fourth-order valence-electron chi connectivity index (χ4n) is 10.6. The SMILES string of the molecule is CC/C=C\C/C=C\C/C=C\C/C=C\C/C=C\C/C=C\CCCCCCCCCCCCCCCCCCCCCCCCC(=O)OC(COC(=O)CCCCCCCCCCCCCCCCCCCCCCCC)COP(=O)(O)OCCN. The third-order valence-corrected chi connectivity index (χ3v) is 16.8. The number of unbranched alkanes of at least 4 members (excludes halogenated alkanes) is 43. The number of allylic oxidation sites excluding steroid dienone is 12. The highest BCUT2D eigenvalue weighted by Gasteiger charge is 2.26. The standard InChI is InChI=1S/C74H136NO8P/c1-3-5-7-9-11-13-15-17-19-21-23-25-27-28-29-30-31-32-33-34-35-36-37-38-39-40-41-42-43-44-45-47-49-51-53-55-57-59-61-63-65-67-74(77)83-72(71-82-84(78,79)81-69-68-75)70-80-73(76)66-64-62-60-58-56-54-52-50-48-46-26-24-22-20-18-16-14-12-10-8-6-4-2/h5,7,11,13,17,19,23,25,28-29,31-32,72H,3-4,6,8-10,12,14-16,18,20-22,24,26-27,30,33-71,75H2,1-2H3,(H,78,79)/b7-5-,13-11-,19-17-,25-23-,29-28-,32-31-. The van der Waals surface area contributed by atoms with E-state index < -0.39 is 26.5 Å². The van der Waals surface area contributed by atoms with Crippen LogP contribution in [0.5, 0.6) is 0 Å². The van der Waals surface area contributed by atoms with E-state index in [9.17, 15) is 19.0 Å². The van der Waals surface area contributed by atoms with Gasteiger partial charge in [0.25, 0.3) is 0 Å². The van der Waals surface area contributed by atoms with Gasteiger partial charge in [-0.3, -0.25) is 18.6 Å². The molecule has 10 heteroatoms. The highest BCUT2D eigenvalue weighted by atomic mass is 31.2. The van der Waals surface area contributed by atoms with E-state index in [0.29, 0.717) is 6.42 Å². The molecule has 2 unspecified atom stereocenters. The van der Waals surface area contributed by atoms with Crippen molar-refractivity contribution in [2.24, 2.45) is 5.73 Å². The van der Waals surface area contributed by atoms with Crippen LogP contribution < -0.4 is 5.73 Å². The van der Waals surface area contributed by atoms with Crippen molar-refractivity contribution in [2.45, 2.75) is 360 Å². The summed E-state index contributed by atoms with van der Waals surface area (Å²) in [6.45, 7) is 3.69. The maximum atomic E-state index is 12.8. The molecule has 0 aromatic carbocycles. The summed E-state index contributed by atoms with van der Waals surface area (Å²) in [5.41, 5.74) is 5.40. The van der Waals surface area contributed by atoms with Gasteiger partial charge in [0.15, 0.2) is 6.10 Å². The number of phosphoric ester groups is 1. The summed E-state index contributed by atoms with van der Waals surface area (Å²) in [7, 11) is -4.39. The molecule has 0 spiro atoms. The van der Waals surface area contributed by atoms with E-state index in [2.05, 4.69) is 86.8 Å². The first-order valence-corrected chi connectivity index (χ1v) is 37.4. The van der Waals surface area contributed by atoms with Gasteiger partial charge in [-0.15, -0.1) is 0 Å². The normalized spacial score (nSPS) is 13.3. The molecule has 0 aliphatic rings. The monoisotopic (exact) mass is 1200 g/mol. The van der Waals surface area contributed by atoms with E-state index in [1.807, 2.05) is 0 Å². The molecule has 84 heavy (non-hydrogen) atoms. The van der Waals surface area contributed by atoms with Gasteiger partial charge >= 0.3 is 19.8 Å². The summed E-state index contributed by atoms with van der Waals surface area (Å²) in [4.78, 5) is 35.3. The molecule has 3 N–H and O–H groups in total. The van der Waals surface area contributed by atoms with Crippen LogP contribution in [0, 0.1) is 0 Å². The molecule has 0 aliphatic carbocycles. The van der Waals surface area contributed by atoms with E-state index >= 15 is 0 Å². The van der Waals surface area contributed by atoms with Gasteiger partial charge in [0, 0.05) is 19.4 Å². The van der Waals surface area contributed by atoms with Crippen molar-refractivity contribution in [2.75, 3.05) is 26.4 Å². The number of ether oxygens (including phenoxy) is 2. The summed E-state index contributed by atoms with van der Waals surface area (Å²) in [6.07, 6.45) is 91.5. The fraction of sp³-hybridized carbons (Fsp3) is 0.811. The number of rotatable bonds is 68. The molecular formula is C74H136NO8P. The number of carbonyl (C=O) groups is 2. The van der Waals surface area contributed by atoms with Crippen LogP contribution in [0.1, 0.15) is 354 Å². The number of hydrogen-bond donors (Lipinski definition) is 2. The Morgan fingerprint density at radius 2 is 0.655 bits per heavy atom. The molecular weight excluding hydrogens is 1060 g/mol. The van der Waals surface area contributed by atoms with Crippen LogP contribution in [-0.4, -0.2) is 49.3 Å². The highest BCUT2D eigenvalue weighted by Crippen LogP contribution is 2.43. The van der Waals surface area contributed by atoms with Crippen LogP contribution >= 0.6 is 7.82 Å². The van der Waals surface area contributed by atoms with Crippen LogP contribution in [-0.2, 0) is 32.7 Å². The zero-order chi connectivity index (χ0) is 60.9. The van der Waals surface area contributed by atoms with Crippen molar-refractivity contribution in [1.29, 1.82) is 0 Å². The van der Waals surface area contributed by atoms with Gasteiger partial charge in [-0.05, 0) is 64.2 Å². The number of nitrogens with two attached hydrogens (primary N) is 1. The van der Waals surface area contributed by atoms with Crippen molar-refractivity contribution in [3.63, 3.8) is 0 Å². The van der Waals surface area contributed by atoms with Crippen LogP contribution in [0.3, 0.4) is 0 Å². The molecule has 0 heterocycles. The van der Waals surface area contributed by atoms with Crippen LogP contribution in [0.15, 0.2) is 72.9 Å². The molecule has 0 radical (unpaired) electrons. The second-order valence-corrected chi connectivity index (χ2v) is 25.5. The molecule has 0 amide bonds. The van der Waals surface area contributed by atoms with Gasteiger partial charge in [-0.2, -0.15) is 0 Å². The molecule has 9 nitrogen and oxygen atoms in total. The third kappa shape index (κ3) is 68.6. The number of hydrogen-bond acceptors (Lipinski definition) is 8. The summed E-state index contributed by atoms with van der Waals surface area (Å²) >= 11 is 0. The first-order valence-electron chi connectivity index (χ1n) is 35.9. The molecule has 0 fully saturated rings. The van der Waals surface area contributed by atoms with Crippen molar-refractivity contribution >= 4 is 19.8 Å². The van der Waals surface area contributed by atoms with Gasteiger partial charge in [-0.1, -0.05) is 350 Å². The lowest BCUT2D eigenvalue weighted by Gasteiger charge is -2.19. The molecule has 0 bridgehead atoms. The molecule has 0 saturated heterocycles. The van der Waals surface area contributed by atoms with Gasteiger partial charge < -0.3 is 20.1 Å². The topological polar surface area (TPSA) is 134 Å². The number of phosphoric acid groups is 1. The minimum atomic E-state index is -4.39. The Kier molecular flexibility index (Phi) is 67.4. The average Bonchev–Trinajstić information content (AvgIpc) is 3.55. The number of esters is 2. The van der Waals surface area contributed by atoms with Crippen molar-refractivity contribution in [3.05, 3.63) is 72.9 Å². The smallest absolute Gasteiger partial charge is 0.462 e. The Labute approximate surface area is 520 Å². The second kappa shape index (κ2) is 69.5. The van der Waals surface area contributed by atoms with Crippen molar-refractivity contribution in [3.8, 4) is 0 Å². The molecule has 0 aromatic heterocycles. The largest absolute Gasteiger partial charge is 0.472 e. The van der Waals surface area contributed by atoms with E-state index in [0.717, 1.165) is 70.6 Å². The van der Waals surface area contributed by atoms with E-state index in [4.69, 9.17) is 24.3 Å². The zero-order valence-corrected chi connectivity index (χ0v) is 56.0. The summed E-state index contributed by atoms with van der Waals surface area (Å²) in [5, 5.41) is 0. The minimum absolute atomic E-state index is 0.0553. The maximum absolute atomic E-state index is 12.8. The lowest BCUT2D eigenvalue weighted by atomic mass is 10.0. The predicted molar refractivity (Wildman–Crippen MR) is 363 cm³/mol.